The Morgan fingerprint density at radius 1 is 1.35 bits per heavy atom. The molecule has 2 aromatic heterocycles. The molecule has 0 aliphatic carbocycles. The van der Waals surface area contributed by atoms with Crippen molar-refractivity contribution in [3.63, 3.8) is 0 Å². The summed E-state index contributed by atoms with van der Waals surface area (Å²) in [6.07, 6.45) is 2.00. The van der Waals surface area contributed by atoms with E-state index < -0.39 is 12.7 Å². The van der Waals surface area contributed by atoms with E-state index in [1.54, 1.807) is 32.3 Å². The summed E-state index contributed by atoms with van der Waals surface area (Å²) in [6.45, 7) is 8.36. The molecule has 0 spiro atoms. The van der Waals surface area contributed by atoms with Crippen LogP contribution in [-0.4, -0.2) is 27.8 Å². The second kappa shape index (κ2) is 9.13. The molecule has 0 amide bonds. The number of anilines is 1. The molecular weight excluding hydrogens is 425 g/mol. The predicted octanol–water partition coefficient (Wildman–Crippen LogP) is 6.57. The van der Waals surface area contributed by atoms with Gasteiger partial charge in [0, 0.05) is 0 Å². The molecule has 2 heterocycles. The number of nitrogens with zero attached hydrogens (tertiary/aromatic N) is 3. The molecule has 0 fully saturated rings. The minimum atomic E-state index is -4.35. The van der Waals surface area contributed by atoms with Crippen molar-refractivity contribution in [3.8, 4) is 0 Å². The minimum Gasteiger partial charge on any atom is -0.495 e. The molecule has 1 N–H and O–H groups in total. The van der Waals surface area contributed by atoms with Gasteiger partial charge >= 0.3 is 6.18 Å². The van der Waals surface area contributed by atoms with Gasteiger partial charge in [-0.2, -0.15) is 13.2 Å². The highest BCUT2D eigenvalue weighted by Crippen LogP contribution is 2.34. The third kappa shape index (κ3) is 5.10. The van der Waals surface area contributed by atoms with Crippen molar-refractivity contribution in [1.82, 2.24) is 14.5 Å². The molecule has 166 valence electrons. The highest BCUT2D eigenvalue weighted by molar-refractivity contribution is 7.22. The Labute approximate surface area is 182 Å². The molecule has 5 nitrogen and oxygen atoms in total. The van der Waals surface area contributed by atoms with Gasteiger partial charge < -0.3 is 14.6 Å². The average Bonchev–Trinajstić information content (AvgIpc) is 3.24. The molecule has 0 saturated carbocycles. The number of allylic oxidation sites excluding steroid dienone is 3. The fraction of sp³-hybridized carbons (Fsp3) is 0.364. The molecule has 1 atom stereocenters. The number of rotatable bonds is 8. The Hall–Kier alpha value is -2.81. The Balaban J connectivity index is 2.11. The van der Waals surface area contributed by atoms with E-state index in [0.29, 0.717) is 33.3 Å². The minimum absolute atomic E-state index is 0.280. The summed E-state index contributed by atoms with van der Waals surface area (Å²) in [5.74, 6) is 1.18. The number of fused-ring (bicyclic) bond motifs is 3. The van der Waals surface area contributed by atoms with Crippen molar-refractivity contribution in [2.24, 2.45) is 5.92 Å². The van der Waals surface area contributed by atoms with Gasteiger partial charge in [0.2, 0.25) is 0 Å². The van der Waals surface area contributed by atoms with Crippen LogP contribution in [0.3, 0.4) is 0 Å². The first-order valence-electron chi connectivity index (χ1n) is 9.85. The second-order valence-electron chi connectivity index (χ2n) is 7.22. The molecule has 0 saturated heterocycles. The molecule has 0 aliphatic heterocycles. The lowest BCUT2D eigenvalue weighted by Gasteiger charge is -2.14. The van der Waals surface area contributed by atoms with Crippen LogP contribution < -0.4 is 5.32 Å². The zero-order chi connectivity index (χ0) is 22.8. The molecule has 0 bridgehead atoms. The number of ether oxygens (including phenoxy) is 1. The normalized spacial score (nSPS) is 14.3. The number of alkyl halides is 3. The predicted molar refractivity (Wildman–Crippen MR) is 120 cm³/mol. The van der Waals surface area contributed by atoms with E-state index >= 15 is 0 Å². The van der Waals surface area contributed by atoms with Gasteiger partial charge in [-0.3, -0.25) is 0 Å². The van der Waals surface area contributed by atoms with Crippen molar-refractivity contribution in [3.05, 3.63) is 54.2 Å². The molecule has 3 rings (SSSR count). The van der Waals surface area contributed by atoms with Crippen molar-refractivity contribution < 1.29 is 17.9 Å². The van der Waals surface area contributed by atoms with Gasteiger partial charge in [-0.1, -0.05) is 50.3 Å². The molecule has 1 aromatic carbocycles. The van der Waals surface area contributed by atoms with Crippen LogP contribution in [0.4, 0.5) is 18.3 Å². The first-order chi connectivity index (χ1) is 14.7. The number of hydrogen-bond acceptors (Lipinski definition) is 5. The summed E-state index contributed by atoms with van der Waals surface area (Å²) < 4.78 is 46.9. The second-order valence-corrected chi connectivity index (χ2v) is 8.25. The van der Waals surface area contributed by atoms with Crippen LogP contribution in [0.2, 0.25) is 0 Å². The standard InChI is InChI=1S/C22H25F3N4OS/c1-6-8-17(30-5)16(11-13(3)7-2)27-21-28-19-18(31-21)10-9-15-20(19)29(14(4)26-15)12-22(23,24)25/h6,8-11,13H,1,7,12H2,2-5H3,(H,27,28)/b16-11+,17-8+. The molecule has 31 heavy (non-hydrogen) atoms. The maximum Gasteiger partial charge on any atom is 0.406 e. The van der Waals surface area contributed by atoms with Gasteiger partial charge in [0.05, 0.1) is 28.5 Å². The summed E-state index contributed by atoms with van der Waals surface area (Å²) in [5.41, 5.74) is 2.10. The number of hydrogen-bond donors (Lipinski definition) is 1. The number of imidazole rings is 1. The number of aromatic nitrogens is 3. The van der Waals surface area contributed by atoms with Gasteiger partial charge in [0.15, 0.2) is 5.13 Å². The maximum atomic E-state index is 13.1. The van der Waals surface area contributed by atoms with Gasteiger partial charge in [0.1, 0.15) is 23.6 Å². The van der Waals surface area contributed by atoms with Crippen LogP contribution in [0.5, 0.6) is 0 Å². The summed E-state index contributed by atoms with van der Waals surface area (Å²) in [5, 5.41) is 3.84. The van der Waals surface area contributed by atoms with Crippen LogP contribution >= 0.6 is 11.3 Å². The summed E-state index contributed by atoms with van der Waals surface area (Å²) in [6, 6.07) is 3.56. The van der Waals surface area contributed by atoms with E-state index in [-0.39, 0.29) is 5.92 Å². The highest BCUT2D eigenvalue weighted by atomic mass is 32.1. The van der Waals surface area contributed by atoms with Crippen molar-refractivity contribution in [2.75, 3.05) is 12.4 Å². The summed E-state index contributed by atoms with van der Waals surface area (Å²) >= 11 is 1.36. The third-order valence-corrected chi connectivity index (χ3v) is 5.82. The largest absolute Gasteiger partial charge is 0.495 e. The average molecular weight is 451 g/mol. The van der Waals surface area contributed by atoms with Gasteiger partial charge in [-0.05, 0) is 31.1 Å². The SMILES string of the molecule is C=C/C=C(OC)\C(=C/C(C)CC)Nc1nc2c(ccc3nc(C)n(CC(F)(F)F)c32)s1. The monoisotopic (exact) mass is 450 g/mol. The molecule has 1 unspecified atom stereocenters. The fourth-order valence-electron chi connectivity index (χ4n) is 3.23. The first-order valence-corrected chi connectivity index (χ1v) is 10.7. The lowest BCUT2D eigenvalue weighted by Crippen LogP contribution is -2.18. The zero-order valence-electron chi connectivity index (χ0n) is 17.9. The van der Waals surface area contributed by atoms with E-state index in [4.69, 9.17) is 4.74 Å². The smallest absolute Gasteiger partial charge is 0.406 e. The maximum absolute atomic E-state index is 13.1. The number of halogens is 3. The highest BCUT2D eigenvalue weighted by Gasteiger charge is 2.30. The Morgan fingerprint density at radius 2 is 2.10 bits per heavy atom. The number of aryl methyl sites for hydroxylation is 1. The Kier molecular flexibility index (Phi) is 6.74. The van der Waals surface area contributed by atoms with E-state index in [9.17, 15) is 13.2 Å². The molecule has 3 aromatic rings. The fourth-order valence-corrected chi connectivity index (χ4v) is 4.11. The summed E-state index contributed by atoms with van der Waals surface area (Å²) in [4.78, 5) is 8.91. The Bertz CT molecular complexity index is 1160. The van der Waals surface area contributed by atoms with E-state index in [1.807, 2.05) is 12.1 Å². The topological polar surface area (TPSA) is 52.0 Å². The number of benzene rings is 1. The summed E-state index contributed by atoms with van der Waals surface area (Å²) in [7, 11) is 1.57. The number of thiazole rings is 1. The third-order valence-electron chi connectivity index (χ3n) is 4.88. The van der Waals surface area contributed by atoms with Crippen molar-refractivity contribution in [1.29, 1.82) is 0 Å². The lowest BCUT2D eigenvalue weighted by atomic mass is 10.1. The van der Waals surface area contributed by atoms with E-state index in [1.165, 1.54) is 15.9 Å². The van der Waals surface area contributed by atoms with Crippen LogP contribution in [-0.2, 0) is 11.3 Å². The molecule has 0 radical (unpaired) electrons. The van der Waals surface area contributed by atoms with Crippen molar-refractivity contribution in [2.45, 2.75) is 39.9 Å². The van der Waals surface area contributed by atoms with Crippen LogP contribution in [0.1, 0.15) is 26.1 Å². The quantitative estimate of drug-likeness (QED) is 0.311. The molecule has 0 aliphatic rings. The zero-order valence-corrected chi connectivity index (χ0v) is 18.7. The molecular formula is C22H25F3N4OS. The number of methoxy groups -OCH3 is 1. The van der Waals surface area contributed by atoms with Crippen LogP contribution in [0.15, 0.2) is 48.4 Å². The lowest BCUT2D eigenvalue weighted by molar-refractivity contribution is -0.140. The first kappa shape index (κ1) is 22.9. The van der Waals surface area contributed by atoms with Gasteiger partial charge in [-0.15, -0.1) is 0 Å². The van der Waals surface area contributed by atoms with Crippen LogP contribution in [0, 0.1) is 12.8 Å². The van der Waals surface area contributed by atoms with Gasteiger partial charge in [0.25, 0.3) is 0 Å². The van der Waals surface area contributed by atoms with E-state index in [0.717, 1.165) is 16.8 Å². The van der Waals surface area contributed by atoms with E-state index in [2.05, 4.69) is 35.7 Å². The Morgan fingerprint density at radius 3 is 2.71 bits per heavy atom. The molecule has 9 heteroatoms. The van der Waals surface area contributed by atoms with Crippen molar-refractivity contribution >= 4 is 37.7 Å². The van der Waals surface area contributed by atoms with Crippen LogP contribution in [0.25, 0.3) is 21.3 Å². The van der Waals surface area contributed by atoms with Gasteiger partial charge in [-0.25, -0.2) is 9.97 Å². The number of nitrogens with one attached hydrogen (secondary N) is 1.